The summed E-state index contributed by atoms with van der Waals surface area (Å²) in [6.07, 6.45) is 3.62. The lowest BCUT2D eigenvalue weighted by molar-refractivity contribution is 0.0711. The van der Waals surface area contributed by atoms with Crippen molar-refractivity contribution in [1.82, 2.24) is 14.5 Å². The molecule has 0 radical (unpaired) electrons. The molecule has 0 atom stereocenters. The van der Waals surface area contributed by atoms with Gasteiger partial charge >= 0.3 is 0 Å². The highest BCUT2D eigenvalue weighted by molar-refractivity contribution is 5.94. The van der Waals surface area contributed by atoms with Crippen LogP contribution in [0.4, 0.5) is 0 Å². The van der Waals surface area contributed by atoms with Gasteiger partial charge in [0.2, 0.25) is 0 Å². The van der Waals surface area contributed by atoms with Gasteiger partial charge in [0.15, 0.2) is 0 Å². The van der Waals surface area contributed by atoms with Crippen LogP contribution in [0, 0.1) is 0 Å². The summed E-state index contributed by atoms with van der Waals surface area (Å²) in [5.41, 5.74) is 1.73. The van der Waals surface area contributed by atoms with Crippen molar-refractivity contribution in [3.05, 3.63) is 48.0 Å². The molecular formula is C14H15N3O2. The van der Waals surface area contributed by atoms with Gasteiger partial charge in [-0.3, -0.25) is 4.79 Å². The van der Waals surface area contributed by atoms with Crippen molar-refractivity contribution in [2.45, 2.75) is 13.1 Å². The second-order valence-corrected chi connectivity index (χ2v) is 4.54. The third kappa shape index (κ3) is 2.19. The fourth-order valence-electron chi connectivity index (χ4n) is 2.30. The van der Waals surface area contributed by atoms with E-state index >= 15 is 0 Å². The second-order valence-electron chi connectivity index (χ2n) is 4.54. The number of carbonyl (C=O) groups is 1. The Morgan fingerprint density at radius 3 is 3.11 bits per heavy atom. The molecule has 0 unspecified atom stereocenters. The van der Waals surface area contributed by atoms with Crippen LogP contribution in [-0.4, -0.2) is 34.0 Å². The molecule has 98 valence electrons. The molecule has 0 N–H and O–H groups in total. The third-order valence-corrected chi connectivity index (χ3v) is 3.37. The Kier molecular flexibility index (Phi) is 2.95. The van der Waals surface area contributed by atoms with Crippen LogP contribution in [0.15, 0.2) is 36.8 Å². The molecule has 0 aliphatic carbocycles. The van der Waals surface area contributed by atoms with Gasteiger partial charge in [0.25, 0.3) is 5.91 Å². The molecule has 0 saturated heterocycles. The fraction of sp³-hybridized carbons (Fsp3) is 0.286. The molecular weight excluding hydrogens is 242 g/mol. The molecule has 1 aromatic heterocycles. The summed E-state index contributed by atoms with van der Waals surface area (Å²) in [7, 11) is 1.60. The number of hydrogen-bond acceptors (Lipinski definition) is 3. The number of hydrogen-bond donors (Lipinski definition) is 0. The van der Waals surface area contributed by atoms with Crippen LogP contribution in [0.3, 0.4) is 0 Å². The number of methoxy groups -OCH3 is 1. The minimum absolute atomic E-state index is 0.0337. The van der Waals surface area contributed by atoms with E-state index < -0.39 is 0 Å². The monoisotopic (exact) mass is 257 g/mol. The van der Waals surface area contributed by atoms with Gasteiger partial charge in [-0.05, 0) is 18.2 Å². The maximum absolute atomic E-state index is 12.4. The van der Waals surface area contributed by atoms with Crippen molar-refractivity contribution < 1.29 is 9.53 Å². The number of benzene rings is 1. The van der Waals surface area contributed by atoms with Crippen LogP contribution in [0.2, 0.25) is 0 Å². The first kappa shape index (κ1) is 11.8. The molecule has 0 fully saturated rings. The molecule has 1 aromatic carbocycles. The van der Waals surface area contributed by atoms with Crippen molar-refractivity contribution in [2.75, 3.05) is 13.7 Å². The fourth-order valence-corrected chi connectivity index (χ4v) is 2.30. The first-order valence-corrected chi connectivity index (χ1v) is 6.20. The summed E-state index contributed by atoms with van der Waals surface area (Å²) in [4.78, 5) is 18.4. The predicted molar refractivity (Wildman–Crippen MR) is 70.0 cm³/mol. The SMILES string of the molecule is COc1cccc(C(=O)N2CCn3cncc3C2)c1. The number of imidazole rings is 1. The summed E-state index contributed by atoms with van der Waals surface area (Å²) < 4.78 is 7.23. The topological polar surface area (TPSA) is 47.4 Å². The van der Waals surface area contributed by atoms with Gasteiger partial charge in [-0.1, -0.05) is 6.07 Å². The summed E-state index contributed by atoms with van der Waals surface area (Å²) in [5, 5.41) is 0. The highest BCUT2D eigenvalue weighted by Crippen LogP contribution is 2.18. The van der Waals surface area contributed by atoms with Crippen molar-refractivity contribution in [2.24, 2.45) is 0 Å². The molecule has 2 aromatic rings. The highest BCUT2D eigenvalue weighted by Gasteiger charge is 2.21. The molecule has 0 spiro atoms. The summed E-state index contributed by atoms with van der Waals surface area (Å²) in [5.74, 6) is 0.735. The van der Waals surface area contributed by atoms with E-state index in [1.807, 2.05) is 35.6 Å². The van der Waals surface area contributed by atoms with Gasteiger partial charge in [-0.15, -0.1) is 0 Å². The first-order valence-electron chi connectivity index (χ1n) is 6.20. The van der Waals surface area contributed by atoms with E-state index in [0.717, 1.165) is 12.2 Å². The van der Waals surface area contributed by atoms with Gasteiger partial charge in [-0.2, -0.15) is 0 Å². The minimum Gasteiger partial charge on any atom is -0.497 e. The van der Waals surface area contributed by atoms with Crippen molar-refractivity contribution in [1.29, 1.82) is 0 Å². The van der Waals surface area contributed by atoms with E-state index in [-0.39, 0.29) is 5.91 Å². The maximum Gasteiger partial charge on any atom is 0.254 e. The lowest BCUT2D eigenvalue weighted by Crippen LogP contribution is -2.37. The Bertz CT molecular complexity index is 606. The zero-order chi connectivity index (χ0) is 13.2. The van der Waals surface area contributed by atoms with Gasteiger partial charge in [-0.25, -0.2) is 4.98 Å². The molecule has 0 bridgehead atoms. The Hall–Kier alpha value is -2.30. The average Bonchev–Trinajstić information content (AvgIpc) is 2.94. The zero-order valence-electron chi connectivity index (χ0n) is 10.7. The van der Waals surface area contributed by atoms with Crippen molar-refractivity contribution in [3.63, 3.8) is 0 Å². The van der Waals surface area contributed by atoms with E-state index in [0.29, 0.717) is 24.4 Å². The quantitative estimate of drug-likeness (QED) is 0.820. The van der Waals surface area contributed by atoms with Crippen LogP contribution in [-0.2, 0) is 13.1 Å². The summed E-state index contributed by atoms with van der Waals surface area (Å²) in [6, 6.07) is 7.26. The van der Waals surface area contributed by atoms with Crippen LogP contribution >= 0.6 is 0 Å². The van der Waals surface area contributed by atoms with Crippen molar-refractivity contribution in [3.8, 4) is 5.75 Å². The minimum atomic E-state index is 0.0337. The smallest absolute Gasteiger partial charge is 0.254 e. The normalized spacial score (nSPS) is 14.1. The van der Waals surface area contributed by atoms with Crippen LogP contribution in [0.5, 0.6) is 5.75 Å². The largest absolute Gasteiger partial charge is 0.497 e. The molecule has 1 aliphatic rings. The van der Waals surface area contributed by atoms with Crippen molar-refractivity contribution >= 4 is 5.91 Å². The van der Waals surface area contributed by atoms with E-state index in [1.165, 1.54) is 0 Å². The number of fused-ring (bicyclic) bond motifs is 1. The highest BCUT2D eigenvalue weighted by atomic mass is 16.5. The number of amides is 1. The predicted octanol–water partition coefficient (Wildman–Crippen LogP) is 1.55. The average molecular weight is 257 g/mol. The molecule has 3 rings (SSSR count). The second kappa shape index (κ2) is 4.76. The van der Waals surface area contributed by atoms with Gasteiger partial charge in [0, 0.05) is 24.8 Å². The molecule has 0 saturated carbocycles. The molecule has 5 nitrogen and oxygen atoms in total. The van der Waals surface area contributed by atoms with E-state index in [1.54, 1.807) is 13.2 Å². The Labute approximate surface area is 111 Å². The number of rotatable bonds is 2. The number of aromatic nitrogens is 2. The van der Waals surface area contributed by atoms with Crippen LogP contribution in [0.25, 0.3) is 0 Å². The van der Waals surface area contributed by atoms with Crippen LogP contribution < -0.4 is 4.74 Å². The molecule has 1 aliphatic heterocycles. The third-order valence-electron chi connectivity index (χ3n) is 3.37. The van der Waals surface area contributed by atoms with E-state index in [9.17, 15) is 4.79 Å². The molecule has 5 heteroatoms. The zero-order valence-corrected chi connectivity index (χ0v) is 10.7. The number of ether oxygens (including phenoxy) is 1. The summed E-state index contributed by atoms with van der Waals surface area (Å²) in [6.45, 7) is 2.11. The van der Waals surface area contributed by atoms with E-state index in [4.69, 9.17) is 4.74 Å². The van der Waals surface area contributed by atoms with Gasteiger partial charge < -0.3 is 14.2 Å². The molecule has 1 amide bonds. The van der Waals surface area contributed by atoms with Crippen LogP contribution in [0.1, 0.15) is 16.1 Å². The number of nitrogens with zero attached hydrogens (tertiary/aromatic N) is 3. The Morgan fingerprint density at radius 1 is 1.37 bits per heavy atom. The maximum atomic E-state index is 12.4. The number of carbonyl (C=O) groups excluding carboxylic acids is 1. The van der Waals surface area contributed by atoms with Gasteiger partial charge in [0.05, 0.1) is 25.7 Å². The lowest BCUT2D eigenvalue weighted by Gasteiger charge is -2.28. The summed E-state index contributed by atoms with van der Waals surface area (Å²) >= 11 is 0. The molecule has 2 heterocycles. The van der Waals surface area contributed by atoms with Gasteiger partial charge in [0.1, 0.15) is 5.75 Å². The Morgan fingerprint density at radius 2 is 2.26 bits per heavy atom. The standard InChI is InChI=1S/C14H15N3O2/c1-19-13-4-2-3-11(7-13)14(18)16-5-6-17-10-15-8-12(17)9-16/h2-4,7-8,10H,5-6,9H2,1H3. The molecule has 19 heavy (non-hydrogen) atoms. The lowest BCUT2D eigenvalue weighted by atomic mass is 10.1. The Balaban J connectivity index is 1.81. The first-order chi connectivity index (χ1) is 9.28. The van der Waals surface area contributed by atoms with E-state index in [2.05, 4.69) is 9.55 Å².